The van der Waals surface area contributed by atoms with Crippen LogP contribution in [0.3, 0.4) is 0 Å². The smallest absolute Gasteiger partial charge is 0.228 e. The van der Waals surface area contributed by atoms with Crippen molar-refractivity contribution in [1.29, 1.82) is 0 Å². The van der Waals surface area contributed by atoms with Crippen molar-refractivity contribution in [3.05, 3.63) is 29.3 Å². The molecule has 0 aromatic heterocycles. The first-order chi connectivity index (χ1) is 10.9. The van der Waals surface area contributed by atoms with E-state index in [2.05, 4.69) is 31.4 Å². The van der Waals surface area contributed by atoms with Crippen LogP contribution < -0.4 is 10.6 Å². The van der Waals surface area contributed by atoms with Crippen LogP contribution in [-0.4, -0.2) is 18.4 Å². The normalized spacial score (nSPS) is 19.5. The number of para-hydroxylation sites is 1. The monoisotopic (exact) mass is 316 g/mol. The van der Waals surface area contributed by atoms with Gasteiger partial charge in [-0.15, -0.1) is 0 Å². The largest absolute Gasteiger partial charge is 0.356 e. The van der Waals surface area contributed by atoms with Gasteiger partial charge in [0, 0.05) is 12.2 Å². The molecule has 1 saturated carbocycles. The lowest BCUT2D eigenvalue weighted by Crippen LogP contribution is -2.29. The molecule has 2 atom stereocenters. The number of hydrogen-bond acceptors (Lipinski definition) is 2. The van der Waals surface area contributed by atoms with Gasteiger partial charge in [0.1, 0.15) is 0 Å². The highest BCUT2D eigenvalue weighted by Crippen LogP contribution is 2.40. The highest BCUT2D eigenvalue weighted by molar-refractivity contribution is 6.00. The molecule has 0 bridgehead atoms. The molecule has 1 fully saturated rings. The third-order valence-electron chi connectivity index (χ3n) is 4.47. The zero-order valence-electron chi connectivity index (χ0n) is 14.6. The van der Waals surface area contributed by atoms with Crippen molar-refractivity contribution in [2.45, 2.75) is 47.0 Å². The number of anilines is 1. The Morgan fingerprint density at radius 1 is 1.22 bits per heavy atom. The summed E-state index contributed by atoms with van der Waals surface area (Å²) in [6.45, 7) is 9.03. The van der Waals surface area contributed by atoms with E-state index in [1.54, 1.807) is 0 Å². The number of hydrogen-bond donors (Lipinski definition) is 2. The maximum absolute atomic E-state index is 12.4. The molecule has 2 N–H and O–H groups in total. The molecule has 4 heteroatoms. The summed E-state index contributed by atoms with van der Waals surface area (Å²) in [5, 5.41) is 5.97. The second-order valence-corrected chi connectivity index (χ2v) is 6.87. The Morgan fingerprint density at radius 2 is 1.91 bits per heavy atom. The fourth-order valence-corrected chi connectivity index (χ4v) is 2.81. The zero-order valence-corrected chi connectivity index (χ0v) is 14.6. The van der Waals surface area contributed by atoms with Crippen molar-refractivity contribution >= 4 is 17.5 Å². The van der Waals surface area contributed by atoms with Crippen molar-refractivity contribution in [3.8, 4) is 0 Å². The summed E-state index contributed by atoms with van der Waals surface area (Å²) in [5.74, 6) is 0.223. The van der Waals surface area contributed by atoms with Crippen LogP contribution in [0, 0.1) is 24.7 Å². The highest BCUT2D eigenvalue weighted by Gasteiger charge is 2.48. The number of carbonyl (C=O) groups is 2. The molecular formula is C19H28N2O2. The Morgan fingerprint density at radius 3 is 2.57 bits per heavy atom. The summed E-state index contributed by atoms with van der Waals surface area (Å²) >= 11 is 0. The van der Waals surface area contributed by atoms with Crippen LogP contribution in [0.2, 0.25) is 0 Å². The van der Waals surface area contributed by atoms with Gasteiger partial charge in [-0.2, -0.15) is 0 Å². The molecule has 0 radical (unpaired) electrons. The molecule has 1 aliphatic rings. The Kier molecular flexibility index (Phi) is 5.80. The first-order valence-corrected chi connectivity index (χ1v) is 8.61. The van der Waals surface area contributed by atoms with Gasteiger partial charge in [-0.3, -0.25) is 9.59 Å². The van der Waals surface area contributed by atoms with E-state index in [1.807, 2.05) is 25.1 Å². The fourth-order valence-electron chi connectivity index (χ4n) is 2.81. The van der Waals surface area contributed by atoms with Crippen LogP contribution in [0.15, 0.2) is 18.2 Å². The number of nitrogens with one attached hydrogen (secondary N) is 2. The molecule has 1 aromatic carbocycles. The molecule has 1 aliphatic carbocycles. The lowest BCUT2D eigenvalue weighted by atomic mass is 10.1. The molecule has 1 aromatic rings. The standard InChI is InChI=1S/C19H28N2O2/c1-5-14-8-6-7-13(4)17(14)21-19(23)16-11-15(16)18(22)20-10-9-12(2)3/h6-8,12,15-16H,5,9-11H2,1-4H3,(H,20,22)(H,21,23). The van der Waals surface area contributed by atoms with Crippen molar-refractivity contribution in [2.75, 3.05) is 11.9 Å². The average molecular weight is 316 g/mol. The van der Waals surface area contributed by atoms with Crippen LogP contribution >= 0.6 is 0 Å². The SMILES string of the molecule is CCc1cccc(C)c1NC(=O)C1CC1C(=O)NCCC(C)C. The van der Waals surface area contributed by atoms with Gasteiger partial charge in [0.15, 0.2) is 0 Å². The summed E-state index contributed by atoms with van der Waals surface area (Å²) in [4.78, 5) is 24.5. The van der Waals surface area contributed by atoms with Gasteiger partial charge in [0.05, 0.1) is 11.8 Å². The van der Waals surface area contributed by atoms with Gasteiger partial charge >= 0.3 is 0 Å². The molecule has 23 heavy (non-hydrogen) atoms. The van der Waals surface area contributed by atoms with Gasteiger partial charge in [0.2, 0.25) is 11.8 Å². The summed E-state index contributed by atoms with van der Waals surface area (Å²) in [6, 6.07) is 6.04. The highest BCUT2D eigenvalue weighted by atomic mass is 16.2. The van der Waals surface area contributed by atoms with E-state index in [1.165, 1.54) is 0 Å². The van der Waals surface area contributed by atoms with Crippen molar-refractivity contribution in [2.24, 2.45) is 17.8 Å². The second-order valence-electron chi connectivity index (χ2n) is 6.87. The van der Waals surface area contributed by atoms with Gasteiger partial charge in [-0.1, -0.05) is 39.0 Å². The van der Waals surface area contributed by atoms with E-state index in [0.29, 0.717) is 18.9 Å². The first kappa shape index (κ1) is 17.5. The topological polar surface area (TPSA) is 58.2 Å². The molecule has 0 spiro atoms. The molecule has 126 valence electrons. The van der Waals surface area contributed by atoms with E-state index in [4.69, 9.17) is 0 Å². The van der Waals surface area contributed by atoms with Gasteiger partial charge in [-0.05, 0) is 43.2 Å². The van der Waals surface area contributed by atoms with Crippen LogP contribution in [0.4, 0.5) is 5.69 Å². The summed E-state index contributed by atoms with van der Waals surface area (Å²) in [5.41, 5.74) is 3.11. The molecule has 2 rings (SSSR count). The van der Waals surface area contributed by atoms with E-state index in [-0.39, 0.29) is 23.7 Å². The van der Waals surface area contributed by atoms with E-state index in [0.717, 1.165) is 29.7 Å². The van der Waals surface area contributed by atoms with Gasteiger partial charge < -0.3 is 10.6 Å². The second kappa shape index (κ2) is 7.62. The molecule has 2 unspecified atom stereocenters. The Labute approximate surface area is 139 Å². The maximum atomic E-state index is 12.4. The van der Waals surface area contributed by atoms with E-state index in [9.17, 15) is 9.59 Å². The summed E-state index contributed by atoms with van der Waals surface area (Å²) in [7, 11) is 0. The van der Waals surface area contributed by atoms with Crippen molar-refractivity contribution < 1.29 is 9.59 Å². The number of amides is 2. The minimum atomic E-state index is -0.182. The van der Waals surface area contributed by atoms with Crippen LogP contribution in [0.25, 0.3) is 0 Å². The quantitative estimate of drug-likeness (QED) is 0.811. The Bertz CT molecular complexity index is 581. The number of carbonyl (C=O) groups excluding carboxylic acids is 2. The van der Waals surface area contributed by atoms with Crippen LogP contribution in [0.1, 0.15) is 44.7 Å². The predicted octanol–water partition coefficient (Wildman–Crippen LogP) is 3.29. The number of benzene rings is 1. The van der Waals surface area contributed by atoms with Crippen LogP contribution in [0.5, 0.6) is 0 Å². The molecule has 4 nitrogen and oxygen atoms in total. The summed E-state index contributed by atoms with van der Waals surface area (Å²) in [6.07, 6.45) is 2.51. The summed E-state index contributed by atoms with van der Waals surface area (Å²) < 4.78 is 0. The minimum Gasteiger partial charge on any atom is -0.356 e. The Hall–Kier alpha value is -1.84. The lowest BCUT2D eigenvalue weighted by Gasteiger charge is -2.13. The minimum absolute atomic E-state index is 0.0197. The van der Waals surface area contributed by atoms with Crippen LogP contribution in [-0.2, 0) is 16.0 Å². The molecule has 0 aliphatic heterocycles. The average Bonchev–Trinajstić information content (AvgIpc) is 3.29. The maximum Gasteiger partial charge on any atom is 0.228 e. The fraction of sp³-hybridized carbons (Fsp3) is 0.579. The number of rotatable bonds is 7. The third kappa shape index (κ3) is 4.57. The molecule has 0 heterocycles. The molecule has 0 saturated heterocycles. The molecular weight excluding hydrogens is 288 g/mol. The molecule has 2 amide bonds. The van der Waals surface area contributed by atoms with Gasteiger partial charge in [0.25, 0.3) is 0 Å². The van der Waals surface area contributed by atoms with Gasteiger partial charge in [-0.25, -0.2) is 0 Å². The lowest BCUT2D eigenvalue weighted by molar-refractivity contribution is -0.125. The van der Waals surface area contributed by atoms with E-state index >= 15 is 0 Å². The van der Waals surface area contributed by atoms with E-state index < -0.39 is 0 Å². The first-order valence-electron chi connectivity index (χ1n) is 8.61. The number of aryl methyl sites for hydroxylation is 2. The third-order valence-corrected chi connectivity index (χ3v) is 4.47. The van der Waals surface area contributed by atoms with Crippen molar-refractivity contribution in [1.82, 2.24) is 5.32 Å². The Balaban J connectivity index is 1.88. The zero-order chi connectivity index (χ0) is 17.0. The predicted molar refractivity (Wildman–Crippen MR) is 93.2 cm³/mol. The van der Waals surface area contributed by atoms with Crippen molar-refractivity contribution in [3.63, 3.8) is 0 Å².